The maximum absolute atomic E-state index is 11.9. The Balaban J connectivity index is 1.51. The van der Waals surface area contributed by atoms with Crippen molar-refractivity contribution in [2.24, 2.45) is 5.92 Å². The molecule has 1 fully saturated rings. The summed E-state index contributed by atoms with van der Waals surface area (Å²) in [6, 6.07) is -0.337. The highest BCUT2D eigenvalue weighted by Crippen LogP contribution is 2.30. The Kier molecular flexibility index (Phi) is 3.60. The van der Waals surface area contributed by atoms with Crippen LogP contribution in [0, 0.1) is 5.92 Å². The van der Waals surface area contributed by atoms with Crippen LogP contribution in [0.1, 0.15) is 36.3 Å². The van der Waals surface area contributed by atoms with Crippen molar-refractivity contribution >= 4 is 28.5 Å². The third-order valence-electron chi connectivity index (χ3n) is 3.93. The lowest BCUT2D eigenvalue weighted by atomic mass is 10.1. The Morgan fingerprint density at radius 1 is 1.30 bits per heavy atom. The number of carboxylic acid groups (broad SMARTS) is 1. The predicted molar refractivity (Wildman–Crippen MR) is 75.1 cm³/mol. The van der Waals surface area contributed by atoms with Gasteiger partial charge >= 0.3 is 12.0 Å². The van der Waals surface area contributed by atoms with E-state index in [2.05, 4.69) is 15.6 Å². The first kappa shape index (κ1) is 13.4. The highest BCUT2D eigenvalue weighted by atomic mass is 32.1. The first-order chi connectivity index (χ1) is 9.61. The number of anilines is 1. The number of carbonyl (C=O) groups is 2. The summed E-state index contributed by atoms with van der Waals surface area (Å²) in [5.41, 5.74) is 1.11. The van der Waals surface area contributed by atoms with Gasteiger partial charge in [-0.1, -0.05) is 0 Å². The minimum absolute atomic E-state index is 0.0529. The number of urea groups is 1. The molecule has 1 aromatic rings. The number of aromatic nitrogens is 1. The molecule has 2 aliphatic rings. The summed E-state index contributed by atoms with van der Waals surface area (Å²) >= 11 is 1.54. The monoisotopic (exact) mass is 295 g/mol. The Bertz CT molecular complexity index is 521. The third-order valence-corrected chi connectivity index (χ3v) is 5.01. The van der Waals surface area contributed by atoms with E-state index in [1.165, 1.54) is 16.2 Å². The number of carbonyl (C=O) groups excluding carboxylic acids is 1. The molecule has 20 heavy (non-hydrogen) atoms. The second-order valence-electron chi connectivity index (χ2n) is 5.39. The molecule has 0 aromatic carbocycles. The Morgan fingerprint density at radius 3 is 2.85 bits per heavy atom. The van der Waals surface area contributed by atoms with Crippen molar-refractivity contribution in [3.05, 3.63) is 10.6 Å². The van der Waals surface area contributed by atoms with E-state index in [0.717, 1.165) is 31.4 Å². The second kappa shape index (κ2) is 5.40. The first-order valence-corrected chi connectivity index (χ1v) is 7.72. The molecular weight excluding hydrogens is 278 g/mol. The highest BCUT2D eigenvalue weighted by molar-refractivity contribution is 7.15. The molecule has 7 heteroatoms. The van der Waals surface area contributed by atoms with Gasteiger partial charge in [-0.15, -0.1) is 11.3 Å². The van der Waals surface area contributed by atoms with E-state index in [0.29, 0.717) is 18.0 Å². The van der Waals surface area contributed by atoms with E-state index < -0.39 is 5.97 Å². The van der Waals surface area contributed by atoms with Crippen molar-refractivity contribution < 1.29 is 14.7 Å². The van der Waals surface area contributed by atoms with E-state index in [1.807, 2.05) is 0 Å². The molecule has 2 atom stereocenters. The van der Waals surface area contributed by atoms with Gasteiger partial charge in [0, 0.05) is 10.9 Å². The van der Waals surface area contributed by atoms with Gasteiger partial charge in [-0.3, -0.25) is 10.1 Å². The summed E-state index contributed by atoms with van der Waals surface area (Å²) in [5, 5.41) is 15.2. The van der Waals surface area contributed by atoms with E-state index in [9.17, 15) is 9.59 Å². The van der Waals surface area contributed by atoms with Crippen molar-refractivity contribution in [1.29, 1.82) is 0 Å². The number of carboxylic acids is 1. The van der Waals surface area contributed by atoms with Crippen LogP contribution in [0.15, 0.2) is 0 Å². The SMILES string of the molecule is O=C(Nc1nc2c(s1)CCC2)NC1CCC(C(=O)O)C1. The number of amides is 2. The minimum Gasteiger partial charge on any atom is -0.481 e. The molecule has 3 N–H and O–H groups in total. The lowest BCUT2D eigenvalue weighted by Gasteiger charge is -2.12. The molecule has 6 nitrogen and oxygen atoms in total. The fourth-order valence-corrected chi connectivity index (χ4v) is 3.94. The number of rotatable bonds is 3. The number of aryl methyl sites for hydroxylation is 2. The zero-order valence-corrected chi connectivity index (χ0v) is 11.8. The third kappa shape index (κ3) is 2.77. The van der Waals surface area contributed by atoms with Crippen molar-refractivity contribution in [2.45, 2.75) is 44.6 Å². The van der Waals surface area contributed by atoms with Crippen LogP contribution in [0.25, 0.3) is 0 Å². The molecule has 1 saturated carbocycles. The fraction of sp³-hybridized carbons (Fsp3) is 0.615. The number of hydrogen-bond donors (Lipinski definition) is 3. The Morgan fingerprint density at radius 2 is 2.15 bits per heavy atom. The van der Waals surface area contributed by atoms with Gasteiger partial charge in [0.25, 0.3) is 0 Å². The van der Waals surface area contributed by atoms with Crippen LogP contribution >= 0.6 is 11.3 Å². The van der Waals surface area contributed by atoms with Crippen LogP contribution in [0.2, 0.25) is 0 Å². The molecule has 1 aromatic heterocycles. The summed E-state index contributed by atoms with van der Waals surface area (Å²) in [5.74, 6) is -1.10. The van der Waals surface area contributed by atoms with E-state index in [4.69, 9.17) is 5.11 Å². The molecule has 2 unspecified atom stereocenters. The first-order valence-electron chi connectivity index (χ1n) is 6.90. The summed E-state index contributed by atoms with van der Waals surface area (Å²) in [6.07, 6.45) is 5.07. The second-order valence-corrected chi connectivity index (χ2v) is 6.47. The van der Waals surface area contributed by atoms with Gasteiger partial charge in [-0.25, -0.2) is 9.78 Å². The van der Waals surface area contributed by atoms with E-state index >= 15 is 0 Å². The van der Waals surface area contributed by atoms with Crippen LogP contribution < -0.4 is 10.6 Å². The molecule has 2 aliphatic carbocycles. The molecule has 0 saturated heterocycles. The molecule has 3 rings (SSSR count). The van der Waals surface area contributed by atoms with Crippen molar-refractivity contribution in [3.8, 4) is 0 Å². The van der Waals surface area contributed by atoms with Crippen molar-refractivity contribution in [1.82, 2.24) is 10.3 Å². The molecule has 0 bridgehead atoms. The number of hydrogen-bond acceptors (Lipinski definition) is 4. The molecule has 108 valence electrons. The van der Waals surface area contributed by atoms with Gasteiger partial charge in [0.05, 0.1) is 11.6 Å². The number of aliphatic carboxylic acids is 1. The topological polar surface area (TPSA) is 91.3 Å². The van der Waals surface area contributed by atoms with Crippen LogP contribution in [0.3, 0.4) is 0 Å². The molecular formula is C13H17N3O3S. The van der Waals surface area contributed by atoms with Gasteiger partial charge in [0.2, 0.25) is 0 Å². The predicted octanol–water partition coefficient (Wildman–Crippen LogP) is 2.01. The summed E-state index contributed by atoms with van der Waals surface area (Å²) in [7, 11) is 0. The lowest BCUT2D eigenvalue weighted by Crippen LogP contribution is -2.36. The maximum atomic E-state index is 11.9. The van der Waals surface area contributed by atoms with Crippen molar-refractivity contribution in [3.63, 3.8) is 0 Å². The van der Waals surface area contributed by atoms with Gasteiger partial charge in [0.1, 0.15) is 0 Å². The molecule has 0 aliphatic heterocycles. The van der Waals surface area contributed by atoms with Gasteiger partial charge < -0.3 is 10.4 Å². The molecule has 0 spiro atoms. The van der Waals surface area contributed by atoms with Crippen LogP contribution in [0.4, 0.5) is 9.93 Å². The van der Waals surface area contributed by atoms with Gasteiger partial charge in [-0.05, 0) is 38.5 Å². The van der Waals surface area contributed by atoms with Crippen LogP contribution in [-0.4, -0.2) is 28.1 Å². The van der Waals surface area contributed by atoms with Gasteiger partial charge in [0.15, 0.2) is 5.13 Å². The molecule has 0 radical (unpaired) electrons. The molecule has 1 heterocycles. The fourth-order valence-electron chi connectivity index (χ4n) is 2.90. The van der Waals surface area contributed by atoms with Crippen molar-refractivity contribution in [2.75, 3.05) is 5.32 Å². The number of thiazole rings is 1. The summed E-state index contributed by atoms with van der Waals surface area (Å²) in [4.78, 5) is 28.4. The lowest BCUT2D eigenvalue weighted by molar-refractivity contribution is -0.141. The highest BCUT2D eigenvalue weighted by Gasteiger charge is 2.30. The zero-order chi connectivity index (χ0) is 14.1. The summed E-state index contributed by atoms with van der Waals surface area (Å²) in [6.45, 7) is 0. The normalized spacial score (nSPS) is 24.4. The number of fused-ring (bicyclic) bond motifs is 1. The average Bonchev–Trinajstić information content (AvgIpc) is 3.03. The maximum Gasteiger partial charge on any atom is 0.321 e. The zero-order valence-electron chi connectivity index (χ0n) is 11.0. The van der Waals surface area contributed by atoms with E-state index in [-0.39, 0.29) is 18.0 Å². The number of nitrogens with one attached hydrogen (secondary N) is 2. The Hall–Kier alpha value is -1.63. The van der Waals surface area contributed by atoms with Crippen LogP contribution in [-0.2, 0) is 17.6 Å². The van der Waals surface area contributed by atoms with Gasteiger partial charge in [-0.2, -0.15) is 0 Å². The number of nitrogens with zero attached hydrogens (tertiary/aromatic N) is 1. The summed E-state index contributed by atoms with van der Waals surface area (Å²) < 4.78 is 0. The average molecular weight is 295 g/mol. The smallest absolute Gasteiger partial charge is 0.321 e. The minimum atomic E-state index is -0.772. The van der Waals surface area contributed by atoms with Crippen LogP contribution in [0.5, 0.6) is 0 Å². The Labute approximate surface area is 120 Å². The quantitative estimate of drug-likeness (QED) is 0.795. The van der Waals surface area contributed by atoms with E-state index in [1.54, 1.807) is 0 Å². The standard InChI is InChI=1S/C13H17N3O3S/c17-11(18)7-4-5-8(6-7)14-12(19)16-13-15-9-2-1-3-10(9)20-13/h7-8H,1-6H2,(H,17,18)(H2,14,15,16,19). The molecule has 2 amide bonds. The largest absolute Gasteiger partial charge is 0.481 e.